The highest BCUT2D eigenvalue weighted by atomic mass is 19.1. The normalized spacial score (nSPS) is 16.9. The van der Waals surface area contributed by atoms with Gasteiger partial charge in [0, 0.05) is 23.7 Å². The summed E-state index contributed by atoms with van der Waals surface area (Å²) in [6.45, 7) is 7.31. The molecule has 3 N–H and O–H groups in total. The first-order valence-electron chi connectivity index (χ1n) is 8.97. The van der Waals surface area contributed by atoms with Crippen LogP contribution in [0.3, 0.4) is 0 Å². The number of nitrogens with one attached hydrogen (secondary N) is 1. The Morgan fingerprint density at radius 3 is 2.74 bits per heavy atom. The van der Waals surface area contributed by atoms with Crippen molar-refractivity contribution >= 4 is 28.3 Å². The van der Waals surface area contributed by atoms with Crippen LogP contribution in [0.4, 0.5) is 4.39 Å². The Hall–Kier alpha value is -2.89. The number of carbonyl (C=O) groups excluding carboxylic acids is 2. The standard InChI is InChI=1S/C21H24FN3O2/c1-5-17(26)25(4)14-8-6-7-13(9-14)19-16(22)10-15(21(23)27)20-18(19)11(2)12(3)24-20/h5,9-10,14,24H,1,6-8H2,2-4H3,(H2,23,27). The monoisotopic (exact) mass is 369 g/mol. The number of fused-ring (bicyclic) bond motifs is 1. The van der Waals surface area contributed by atoms with Crippen LogP contribution in [0, 0.1) is 19.7 Å². The summed E-state index contributed by atoms with van der Waals surface area (Å²) < 4.78 is 15.1. The van der Waals surface area contributed by atoms with E-state index >= 15 is 4.39 Å². The Morgan fingerprint density at radius 1 is 1.41 bits per heavy atom. The smallest absolute Gasteiger partial charge is 0.250 e. The predicted molar refractivity (Wildman–Crippen MR) is 105 cm³/mol. The van der Waals surface area contributed by atoms with Crippen molar-refractivity contribution in [3.63, 3.8) is 0 Å². The van der Waals surface area contributed by atoms with Crippen molar-refractivity contribution in [2.45, 2.75) is 39.2 Å². The molecular formula is C21H24FN3O2. The van der Waals surface area contributed by atoms with Crippen LogP contribution in [0.5, 0.6) is 0 Å². The molecule has 27 heavy (non-hydrogen) atoms. The number of carbonyl (C=O) groups is 2. The SMILES string of the molecule is C=CC(=O)N(C)C1C=C(c2c(F)cc(C(N)=O)c3[nH]c(C)c(C)c23)CCC1. The van der Waals surface area contributed by atoms with E-state index in [0.717, 1.165) is 29.7 Å². The third-order valence-electron chi connectivity index (χ3n) is 5.48. The maximum atomic E-state index is 15.1. The van der Waals surface area contributed by atoms with E-state index < -0.39 is 11.7 Å². The molecule has 0 fully saturated rings. The number of aryl methyl sites for hydroxylation is 2. The van der Waals surface area contributed by atoms with Gasteiger partial charge >= 0.3 is 0 Å². The molecule has 0 spiro atoms. The number of aromatic amines is 1. The summed E-state index contributed by atoms with van der Waals surface area (Å²) >= 11 is 0. The molecule has 5 nitrogen and oxygen atoms in total. The number of hydrogen-bond acceptors (Lipinski definition) is 2. The van der Waals surface area contributed by atoms with E-state index in [9.17, 15) is 9.59 Å². The number of benzene rings is 1. The maximum Gasteiger partial charge on any atom is 0.250 e. The summed E-state index contributed by atoms with van der Waals surface area (Å²) in [5.41, 5.74) is 9.25. The van der Waals surface area contributed by atoms with E-state index in [-0.39, 0.29) is 17.5 Å². The van der Waals surface area contributed by atoms with Crippen molar-refractivity contribution in [3.8, 4) is 0 Å². The highest BCUT2D eigenvalue weighted by Gasteiger charge is 2.26. The Kier molecular flexibility index (Phi) is 4.91. The number of aromatic nitrogens is 1. The lowest BCUT2D eigenvalue weighted by Gasteiger charge is -2.29. The number of halogens is 1. The lowest BCUT2D eigenvalue weighted by Crippen LogP contribution is -2.35. The molecule has 3 rings (SSSR count). The van der Waals surface area contributed by atoms with Crippen LogP contribution in [-0.2, 0) is 4.79 Å². The molecular weight excluding hydrogens is 345 g/mol. The number of allylic oxidation sites excluding steroid dienone is 1. The van der Waals surface area contributed by atoms with Gasteiger partial charge in [0.1, 0.15) is 5.82 Å². The van der Waals surface area contributed by atoms with Gasteiger partial charge in [-0.25, -0.2) is 4.39 Å². The molecule has 0 saturated heterocycles. The van der Waals surface area contributed by atoms with Crippen LogP contribution < -0.4 is 5.73 Å². The summed E-state index contributed by atoms with van der Waals surface area (Å²) in [5.74, 6) is -1.30. The molecule has 1 aromatic heterocycles. The Balaban J connectivity index is 2.22. The topological polar surface area (TPSA) is 79.2 Å². The van der Waals surface area contributed by atoms with E-state index in [0.29, 0.717) is 22.9 Å². The fourth-order valence-corrected chi connectivity index (χ4v) is 3.85. The van der Waals surface area contributed by atoms with Gasteiger partial charge in [-0.1, -0.05) is 12.7 Å². The number of rotatable bonds is 4. The van der Waals surface area contributed by atoms with Crippen molar-refractivity contribution in [2.75, 3.05) is 7.05 Å². The average molecular weight is 369 g/mol. The van der Waals surface area contributed by atoms with Crippen LogP contribution >= 0.6 is 0 Å². The van der Waals surface area contributed by atoms with E-state index in [1.807, 2.05) is 19.9 Å². The third-order valence-corrected chi connectivity index (χ3v) is 5.48. The fourth-order valence-electron chi connectivity index (χ4n) is 3.85. The zero-order valence-electron chi connectivity index (χ0n) is 15.9. The average Bonchev–Trinajstić information content (AvgIpc) is 2.94. The minimum atomic E-state index is -0.668. The lowest BCUT2D eigenvalue weighted by atomic mass is 9.87. The summed E-state index contributed by atoms with van der Waals surface area (Å²) in [6, 6.07) is 1.09. The van der Waals surface area contributed by atoms with Crippen molar-refractivity contribution in [3.05, 3.63) is 53.0 Å². The molecule has 0 radical (unpaired) electrons. The molecule has 1 aliphatic carbocycles. The van der Waals surface area contributed by atoms with Gasteiger partial charge in [0.05, 0.1) is 17.1 Å². The van der Waals surface area contributed by atoms with Gasteiger partial charge in [0.2, 0.25) is 5.91 Å². The fraction of sp³-hybridized carbons (Fsp3) is 0.333. The molecule has 0 saturated carbocycles. The molecule has 2 aromatic rings. The van der Waals surface area contributed by atoms with Gasteiger partial charge in [-0.15, -0.1) is 0 Å². The summed E-state index contributed by atoms with van der Waals surface area (Å²) in [7, 11) is 1.72. The molecule has 142 valence electrons. The molecule has 2 amide bonds. The van der Waals surface area contributed by atoms with E-state index in [4.69, 9.17) is 5.73 Å². The zero-order valence-corrected chi connectivity index (χ0v) is 15.9. The molecule has 0 aliphatic heterocycles. The van der Waals surface area contributed by atoms with Gasteiger partial charge in [0.25, 0.3) is 5.91 Å². The zero-order chi connectivity index (χ0) is 19.9. The Morgan fingerprint density at radius 2 is 2.11 bits per heavy atom. The van der Waals surface area contributed by atoms with Crippen molar-refractivity contribution in [1.82, 2.24) is 9.88 Å². The summed E-state index contributed by atoms with van der Waals surface area (Å²) in [5, 5.41) is 0.686. The van der Waals surface area contributed by atoms with Gasteiger partial charge in [0.15, 0.2) is 0 Å². The summed E-state index contributed by atoms with van der Waals surface area (Å²) in [4.78, 5) is 28.5. The van der Waals surface area contributed by atoms with E-state index in [2.05, 4.69) is 11.6 Å². The number of amides is 2. The van der Waals surface area contributed by atoms with E-state index in [1.54, 1.807) is 11.9 Å². The van der Waals surface area contributed by atoms with Crippen LogP contribution in [0.15, 0.2) is 24.8 Å². The van der Waals surface area contributed by atoms with Crippen molar-refractivity contribution in [1.29, 1.82) is 0 Å². The number of hydrogen-bond donors (Lipinski definition) is 2. The number of H-pyrrole nitrogens is 1. The third kappa shape index (κ3) is 3.16. The minimum Gasteiger partial charge on any atom is -0.366 e. The Bertz CT molecular complexity index is 987. The first-order chi connectivity index (χ1) is 12.8. The van der Waals surface area contributed by atoms with Crippen molar-refractivity contribution < 1.29 is 14.0 Å². The summed E-state index contributed by atoms with van der Waals surface area (Å²) in [6.07, 6.45) is 5.59. The molecule has 1 aromatic carbocycles. The van der Waals surface area contributed by atoms with Crippen LogP contribution in [0.25, 0.3) is 16.5 Å². The lowest BCUT2D eigenvalue weighted by molar-refractivity contribution is -0.126. The number of likely N-dealkylation sites (N-methyl/N-ethyl adjacent to an activating group) is 1. The predicted octanol–water partition coefficient (Wildman–Crippen LogP) is 3.60. The molecule has 6 heteroatoms. The van der Waals surface area contributed by atoms with Crippen LogP contribution in [-0.4, -0.2) is 34.8 Å². The highest BCUT2D eigenvalue weighted by Crippen LogP contribution is 2.38. The molecule has 1 unspecified atom stereocenters. The highest BCUT2D eigenvalue weighted by molar-refractivity contribution is 6.09. The number of nitrogens with zero attached hydrogens (tertiary/aromatic N) is 1. The molecule has 1 aliphatic rings. The molecule has 1 heterocycles. The van der Waals surface area contributed by atoms with E-state index in [1.165, 1.54) is 12.1 Å². The van der Waals surface area contributed by atoms with Gasteiger partial charge in [-0.3, -0.25) is 9.59 Å². The van der Waals surface area contributed by atoms with Crippen LogP contribution in [0.1, 0.15) is 46.4 Å². The second-order valence-electron chi connectivity index (χ2n) is 7.07. The first-order valence-corrected chi connectivity index (χ1v) is 8.97. The second kappa shape index (κ2) is 7.02. The minimum absolute atomic E-state index is 0.120. The van der Waals surface area contributed by atoms with Crippen molar-refractivity contribution in [2.24, 2.45) is 5.73 Å². The van der Waals surface area contributed by atoms with Gasteiger partial charge < -0.3 is 15.6 Å². The first kappa shape index (κ1) is 18.9. The van der Waals surface area contributed by atoms with Crippen LogP contribution in [0.2, 0.25) is 0 Å². The van der Waals surface area contributed by atoms with Gasteiger partial charge in [-0.2, -0.15) is 0 Å². The molecule has 1 atom stereocenters. The number of nitrogens with two attached hydrogens (primary N) is 1. The quantitative estimate of drug-likeness (QED) is 0.808. The maximum absolute atomic E-state index is 15.1. The molecule has 0 bridgehead atoms. The largest absolute Gasteiger partial charge is 0.366 e. The second-order valence-corrected chi connectivity index (χ2v) is 7.07. The Labute approximate surface area is 157 Å². The number of primary amides is 1. The van der Waals surface area contributed by atoms with Gasteiger partial charge in [-0.05, 0) is 56.4 Å².